The third-order valence-corrected chi connectivity index (χ3v) is 3.90. The molecular weight excluding hydrogens is 272 g/mol. The van der Waals surface area contributed by atoms with Crippen LogP contribution in [0.25, 0.3) is 0 Å². The van der Waals surface area contributed by atoms with E-state index in [0.717, 1.165) is 16.2 Å². The van der Waals surface area contributed by atoms with Crippen LogP contribution >= 0.6 is 11.8 Å². The van der Waals surface area contributed by atoms with Crippen LogP contribution in [-0.2, 0) is 6.42 Å². The van der Waals surface area contributed by atoms with Crippen LogP contribution in [-0.4, -0.2) is 17.1 Å². The van der Waals surface area contributed by atoms with Crippen LogP contribution in [0.3, 0.4) is 0 Å². The molecule has 0 saturated heterocycles. The average Bonchev–Trinajstić information content (AvgIpc) is 2.41. The van der Waals surface area contributed by atoms with Crippen LogP contribution in [0.1, 0.15) is 27.2 Å². The number of amides is 1. The molecule has 1 amide bonds. The minimum absolute atomic E-state index is 0.117. The number of aryl methyl sites for hydroxylation is 1. The zero-order valence-corrected chi connectivity index (χ0v) is 12.2. The van der Waals surface area contributed by atoms with Crippen LogP contribution in [0, 0.1) is 6.92 Å². The maximum atomic E-state index is 12.1. The maximum absolute atomic E-state index is 12.1. The van der Waals surface area contributed by atoms with Crippen LogP contribution in [0.15, 0.2) is 40.0 Å². The number of thioether (sulfide) groups is 1. The molecule has 0 saturated carbocycles. The fourth-order valence-electron chi connectivity index (χ4n) is 2.14. The fourth-order valence-corrected chi connectivity index (χ4v) is 2.85. The molecule has 0 atom stereocenters. The van der Waals surface area contributed by atoms with E-state index in [2.05, 4.69) is 4.98 Å². The number of hydrogen-bond donors (Lipinski definition) is 2. The van der Waals surface area contributed by atoms with Gasteiger partial charge in [-0.05, 0) is 30.9 Å². The lowest BCUT2D eigenvalue weighted by Crippen LogP contribution is -2.18. The largest absolute Gasteiger partial charge is 0.366 e. The number of aromatic amines is 1. The molecule has 0 aliphatic rings. The monoisotopic (exact) mass is 288 g/mol. The molecule has 0 aliphatic heterocycles. The molecule has 1 heterocycles. The number of carbonyl (C=O) groups is 1. The van der Waals surface area contributed by atoms with Gasteiger partial charge in [-0.15, -0.1) is 11.8 Å². The summed E-state index contributed by atoms with van der Waals surface area (Å²) in [6.07, 6.45) is 2.32. The molecule has 1 aromatic heterocycles. The minimum atomic E-state index is -0.477. The predicted molar refractivity (Wildman–Crippen MR) is 81.3 cm³/mol. The Morgan fingerprint density at radius 3 is 2.70 bits per heavy atom. The van der Waals surface area contributed by atoms with Crippen molar-refractivity contribution in [3.63, 3.8) is 0 Å². The van der Waals surface area contributed by atoms with Gasteiger partial charge < -0.3 is 10.7 Å². The summed E-state index contributed by atoms with van der Waals surface area (Å²) in [7, 11) is 0. The third-order valence-electron chi connectivity index (χ3n) is 3.10. The Hall–Kier alpha value is -2.01. The smallest absolute Gasteiger partial charge is 0.252 e. The normalized spacial score (nSPS) is 10.5. The molecule has 20 heavy (non-hydrogen) atoms. The maximum Gasteiger partial charge on any atom is 0.252 e. The number of primary amides is 1. The molecule has 0 bridgehead atoms. The lowest BCUT2D eigenvalue weighted by atomic mass is 10.00. The molecule has 2 rings (SSSR count). The van der Waals surface area contributed by atoms with Crippen molar-refractivity contribution in [1.82, 2.24) is 4.98 Å². The van der Waals surface area contributed by atoms with E-state index in [9.17, 15) is 9.59 Å². The van der Waals surface area contributed by atoms with Gasteiger partial charge >= 0.3 is 0 Å². The number of H-pyrrole nitrogens is 1. The van der Waals surface area contributed by atoms with Crippen molar-refractivity contribution >= 4 is 17.7 Å². The molecule has 0 unspecified atom stereocenters. The Morgan fingerprint density at radius 2 is 2.05 bits per heavy atom. The quantitative estimate of drug-likeness (QED) is 0.846. The summed E-state index contributed by atoms with van der Waals surface area (Å²) >= 11 is 1.52. The van der Waals surface area contributed by atoms with E-state index in [-0.39, 0.29) is 5.56 Å². The third kappa shape index (κ3) is 2.93. The van der Waals surface area contributed by atoms with Crippen molar-refractivity contribution in [2.24, 2.45) is 5.73 Å². The second-order valence-corrected chi connectivity index (χ2v) is 5.37. The van der Waals surface area contributed by atoms with Crippen LogP contribution in [0.4, 0.5) is 0 Å². The molecule has 104 valence electrons. The second kappa shape index (κ2) is 5.96. The van der Waals surface area contributed by atoms with Crippen LogP contribution in [0.2, 0.25) is 0 Å². The van der Waals surface area contributed by atoms with E-state index in [1.54, 1.807) is 12.1 Å². The number of hydrogen-bond acceptors (Lipinski definition) is 3. The summed E-state index contributed by atoms with van der Waals surface area (Å²) in [6.45, 7) is 1.85. The van der Waals surface area contributed by atoms with Crippen molar-refractivity contribution in [1.29, 1.82) is 0 Å². The predicted octanol–water partition coefficient (Wildman–Crippen LogP) is 2.09. The number of nitrogens with two attached hydrogens (primary N) is 1. The van der Waals surface area contributed by atoms with Gasteiger partial charge in [0.15, 0.2) is 0 Å². The highest BCUT2D eigenvalue weighted by Crippen LogP contribution is 2.21. The van der Waals surface area contributed by atoms with Crippen molar-refractivity contribution in [2.45, 2.75) is 18.2 Å². The SMILES string of the molecule is CSc1cc(C)[nH]c(=O)c1Cc1ccccc1C(N)=O. The molecule has 2 aromatic rings. The molecule has 0 fully saturated rings. The van der Waals surface area contributed by atoms with Gasteiger partial charge in [-0.3, -0.25) is 9.59 Å². The fraction of sp³-hybridized carbons (Fsp3) is 0.200. The molecule has 1 aromatic carbocycles. The molecule has 0 aliphatic carbocycles. The molecule has 5 heteroatoms. The first-order valence-corrected chi connectivity index (χ1v) is 7.40. The summed E-state index contributed by atoms with van der Waals surface area (Å²) < 4.78 is 0. The average molecular weight is 288 g/mol. The van der Waals surface area contributed by atoms with Gasteiger partial charge in [-0.2, -0.15) is 0 Å². The van der Waals surface area contributed by atoms with Crippen molar-refractivity contribution in [2.75, 3.05) is 6.26 Å². The van der Waals surface area contributed by atoms with Crippen molar-refractivity contribution < 1.29 is 4.79 Å². The highest BCUT2D eigenvalue weighted by molar-refractivity contribution is 7.98. The molecule has 3 N–H and O–H groups in total. The van der Waals surface area contributed by atoms with E-state index in [1.165, 1.54) is 11.8 Å². The topological polar surface area (TPSA) is 75.9 Å². The van der Waals surface area contributed by atoms with Crippen molar-refractivity contribution in [3.8, 4) is 0 Å². The Morgan fingerprint density at radius 1 is 1.35 bits per heavy atom. The van der Waals surface area contributed by atoms with Crippen LogP contribution in [0.5, 0.6) is 0 Å². The summed E-state index contributed by atoms with van der Waals surface area (Å²) in [5.74, 6) is -0.477. The van der Waals surface area contributed by atoms with E-state index >= 15 is 0 Å². The lowest BCUT2D eigenvalue weighted by molar-refractivity contribution is 0.0999. The zero-order chi connectivity index (χ0) is 14.7. The standard InChI is InChI=1S/C15H16N2O2S/c1-9-7-13(20-2)12(15(19)17-9)8-10-5-3-4-6-11(10)14(16)18/h3-7H,8H2,1-2H3,(H2,16,18)(H,17,19). The first-order chi connectivity index (χ1) is 9.52. The van der Waals surface area contributed by atoms with Gasteiger partial charge in [-0.1, -0.05) is 18.2 Å². The number of carbonyl (C=O) groups excluding carboxylic acids is 1. The Kier molecular flexibility index (Phi) is 4.29. The van der Waals surface area contributed by atoms with E-state index < -0.39 is 5.91 Å². The molecule has 4 nitrogen and oxygen atoms in total. The van der Waals surface area contributed by atoms with Gasteiger partial charge in [0.25, 0.3) is 5.56 Å². The van der Waals surface area contributed by atoms with Gasteiger partial charge in [0.2, 0.25) is 5.91 Å². The summed E-state index contributed by atoms with van der Waals surface area (Å²) in [6, 6.07) is 9.04. The summed E-state index contributed by atoms with van der Waals surface area (Å²) in [4.78, 5) is 27.3. The first-order valence-electron chi connectivity index (χ1n) is 6.17. The van der Waals surface area contributed by atoms with Crippen molar-refractivity contribution in [3.05, 3.63) is 63.1 Å². The molecule has 0 spiro atoms. The minimum Gasteiger partial charge on any atom is -0.366 e. The number of aromatic nitrogens is 1. The van der Waals surface area contributed by atoms with Gasteiger partial charge in [0.05, 0.1) is 0 Å². The highest BCUT2D eigenvalue weighted by Gasteiger charge is 2.13. The Labute approximate surface area is 121 Å². The lowest BCUT2D eigenvalue weighted by Gasteiger charge is -2.10. The molecular formula is C15H16N2O2S. The number of rotatable bonds is 4. The number of pyridine rings is 1. The summed E-state index contributed by atoms with van der Waals surface area (Å²) in [5, 5.41) is 0. The Balaban J connectivity index is 2.51. The van der Waals surface area contributed by atoms with Gasteiger partial charge in [-0.25, -0.2) is 0 Å². The zero-order valence-electron chi connectivity index (χ0n) is 11.4. The Bertz CT molecular complexity index is 707. The van der Waals surface area contributed by atoms with E-state index in [0.29, 0.717) is 17.5 Å². The van der Waals surface area contributed by atoms with Gasteiger partial charge in [0.1, 0.15) is 0 Å². The number of nitrogens with one attached hydrogen (secondary N) is 1. The molecule has 0 radical (unpaired) electrons. The van der Waals surface area contributed by atoms with E-state index in [1.807, 2.05) is 31.4 Å². The highest BCUT2D eigenvalue weighted by atomic mass is 32.2. The summed E-state index contributed by atoms with van der Waals surface area (Å²) in [5.41, 5.74) is 7.97. The van der Waals surface area contributed by atoms with Crippen LogP contribution < -0.4 is 11.3 Å². The number of benzene rings is 1. The first kappa shape index (κ1) is 14.4. The second-order valence-electron chi connectivity index (χ2n) is 4.53. The van der Waals surface area contributed by atoms with Gasteiger partial charge in [0, 0.05) is 28.1 Å². The van der Waals surface area contributed by atoms with E-state index in [4.69, 9.17) is 5.73 Å².